The van der Waals surface area contributed by atoms with Crippen molar-refractivity contribution in [3.05, 3.63) is 48.2 Å². The number of rotatable bonds is 8. The standard InChI is InChI=1S/C30H38O15/c1-11-17(33)25(43-28(38)13-6-4-3-5-7-13)27(41-12(2)32)30(40-11)45-23-14-8-9-39-29(16(14)24-26(23)42-24)44-22-15(10-31)18(34)19(35)20(36)21(22)37/h3-9,11,14-27,29-31,33-37H,10H2,1-2H3/t11-,14-,15+,16+,17-,18-,19+,20-,21+,22+,23-,24+,25+,26-,27+,29-,30-/m0/s1. The molecule has 15 heteroatoms. The summed E-state index contributed by atoms with van der Waals surface area (Å²) in [6.07, 6.45) is -13.7. The number of aliphatic hydroxyl groups excluding tert-OH is 6. The average molecular weight is 639 g/mol. The van der Waals surface area contributed by atoms with E-state index in [0.29, 0.717) is 0 Å². The van der Waals surface area contributed by atoms with E-state index in [0.717, 1.165) is 0 Å². The third-order valence-electron chi connectivity index (χ3n) is 9.27. The maximum absolute atomic E-state index is 12.9. The fourth-order valence-corrected chi connectivity index (χ4v) is 6.85. The molecule has 1 aromatic rings. The second-order valence-electron chi connectivity index (χ2n) is 12.1. The van der Waals surface area contributed by atoms with Gasteiger partial charge in [0, 0.05) is 18.8 Å². The van der Waals surface area contributed by atoms with Crippen molar-refractivity contribution in [3.8, 4) is 0 Å². The first-order valence-corrected chi connectivity index (χ1v) is 14.9. The number of benzene rings is 1. The van der Waals surface area contributed by atoms with E-state index >= 15 is 0 Å². The van der Waals surface area contributed by atoms with Gasteiger partial charge in [-0.05, 0) is 25.1 Å². The molecular weight excluding hydrogens is 600 g/mol. The van der Waals surface area contributed by atoms with Crippen LogP contribution in [-0.4, -0.2) is 135 Å². The monoisotopic (exact) mass is 638 g/mol. The molecule has 17 atom stereocenters. The summed E-state index contributed by atoms with van der Waals surface area (Å²) in [5, 5.41) is 62.2. The molecule has 0 radical (unpaired) electrons. The minimum absolute atomic E-state index is 0.232. The summed E-state index contributed by atoms with van der Waals surface area (Å²) in [5.41, 5.74) is 0.232. The van der Waals surface area contributed by atoms with Gasteiger partial charge in [-0.25, -0.2) is 4.79 Å². The van der Waals surface area contributed by atoms with Crippen LogP contribution >= 0.6 is 0 Å². The molecule has 45 heavy (non-hydrogen) atoms. The Morgan fingerprint density at radius 1 is 0.778 bits per heavy atom. The number of hydrogen-bond donors (Lipinski definition) is 6. The van der Waals surface area contributed by atoms with Crippen molar-refractivity contribution in [2.75, 3.05) is 6.61 Å². The summed E-state index contributed by atoms with van der Waals surface area (Å²) in [6.45, 7) is 2.08. The van der Waals surface area contributed by atoms with E-state index in [-0.39, 0.29) is 5.56 Å². The quantitative estimate of drug-likeness (QED) is 0.133. The van der Waals surface area contributed by atoms with E-state index in [1.807, 2.05) is 0 Å². The molecule has 2 aliphatic carbocycles. The third-order valence-corrected chi connectivity index (χ3v) is 9.27. The topological polar surface area (TPSA) is 223 Å². The number of aliphatic hydroxyl groups is 6. The predicted molar refractivity (Wildman–Crippen MR) is 146 cm³/mol. The number of carbonyl (C=O) groups is 2. The minimum Gasteiger partial charge on any atom is -0.472 e. The second-order valence-corrected chi connectivity index (χ2v) is 12.1. The SMILES string of the molecule is CC(=O)O[C@H]1[C@H](O[C@H]2[C@H]3C=CO[C@@H](O[C@H]4[C@H](O)[C@@H](O)[C@H](O)[C@@H](O)[C@H]4CO)[C@H]3[C@H]3O[C@@H]23)O[C@@H](C)[C@H](O)[C@H]1OC(=O)c1ccccc1. The average Bonchev–Trinajstić information content (AvgIpc) is 3.75. The molecule has 248 valence electrons. The summed E-state index contributed by atoms with van der Waals surface area (Å²) in [6, 6.07) is 8.13. The van der Waals surface area contributed by atoms with Gasteiger partial charge in [-0.2, -0.15) is 0 Å². The van der Waals surface area contributed by atoms with Crippen LogP contribution in [0.1, 0.15) is 24.2 Å². The van der Waals surface area contributed by atoms with E-state index in [2.05, 4.69) is 0 Å². The normalized spacial score (nSPS) is 46.8. The van der Waals surface area contributed by atoms with Crippen LogP contribution in [0.3, 0.4) is 0 Å². The molecule has 0 unspecified atom stereocenters. The Kier molecular flexibility index (Phi) is 9.20. The fraction of sp³-hybridized carbons (Fsp3) is 0.667. The van der Waals surface area contributed by atoms with Gasteiger partial charge in [-0.15, -0.1) is 0 Å². The van der Waals surface area contributed by atoms with Crippen molar-refractivity contribution in [1.82, 2.24) is 0 Å². The second kappa shape index (κ2) is 12.8. The zero-order chi connectivity index (χ0) is 32.2. The van der Waals surface area contributed by atoms with Crippen LogP contribution in [0.25, 0.3) is 0 Å². The van der Waals surface area contributed by atoms with Gasteiger partial charge in [0.2, 0.25) is 6.29 Å². The molecule has 3 aliphatic heterocycles. The van der Waals surface area contributed by atoms with Gasteiger partial charge in [-0.1, -0.05) is 18.2 Å². The Hall–Kier alpha value is -2.70. The van der Waals surface area contributed by atoms with Crippen LogP contribution in [0.15, 0.2) is 42.7 Å². The first-order chi connectivity index (χ1) is 21.5. The molecule has 15 nitrogen and oxygen atoms in total. The maximum Gasteiger partial charge on any atom is 0.338 e. The van der Waals surface area contributed by atoms with Gasteiger partial charge in [0.05, 0.1) is 54.9 Å². The number of hydrogen-bond acceptors (Lipinski definition) is 15. The molecule has 2 saturated carbocycles. The largest absolute Gasteiger partial charge is 0.472 e. The maximum atomic E-state index is 12.9. The van der Waals surface area contributed by atoms with Crippen molar-refractivity contribution >= 4 is 11.9 Å². The number of carbonyl (C=O) groups excluding carboxylic acids is 2. The van der Waals surface area contributed by atoms with Gasteiger partial charge in [-0.3, -0.25) is 4.79 Å². The van der Waals surface area contributed by atoms with Crippen molar-refractivity contribution < 1.29 is 73.4 Å². The molecule has 0 amide bonds. The van der Waals surface area contributed by atoms with E-state index in [9.17, 15) is 40.2 Å². The van der Waals surface area contributed by atoms with Gasteiger partial charge in [0.25, 0.3) is 0 Å². The van der Waals surface area contributed by atoms with Gasteiger partial charge in [0.1, 0.15) is 30.5 Å². The summed E-state index contributed by atoms with van der Waals surface area (Å²) in [4.78, 5) is 25.1. The molecule has 6 N–H and O–H groups in total. The molecule has 6 rings (SSSR count). The first kappa shape index (κ1) is 32.2. The van der Waals surface area contributed by atoms with Crippen molar-refractivity contribution in [2.24, 2.45) is 17.8 Å². The Balaban J connectivity index is 1.20. The Morgan fingerprint density at radius 3 is 2.16 bits per heavy atom. The van der Waals surface area contributed by atoms with Crippen LogP contribution in [-0.2, 0) is 38.0 Å². The van der Waals surface area contributed by atoms with Crippen molar-refractivity contribution in [1.29, 1.82) is 0 Å². The van der Waals surface area contributed by atoms with Crippen molar-refractivity contribution in [2.45, 2.75) is 99.7 Å². The number of fused-ring (bicyclic) bond motifs is 3. The van der Waals surface area contributed by atoms with E-state index in [4.69, 9.17) is 33.2 Å². The zero-order valence-corrected chi connectivity index (χ0v) is 24.4. The smallest absolute Gasteiger partial charge is 0.338 e. The van der Waals surface area contributed by atoms with E-state index in [1.54, 1.807) is 43.3 Å². The lowest BCUT2D eigenvalue weighted by Gasteiger charge is -2.46. The number of esters is 2. The predicted octanol–water partition coefficient (Wildman–Crippen LogP) is -2.03. The highest BCUT2D eigenvalue weighted by molar-refractivity contribution is 5.89. The zero-order valence-electron chi connectivity index (χ0n) is 24.4. The molecule has 5 aliphatic rings. The van der Waals surface area contributed by atoms with E-state index < -0.39 is 122 Å². The highest BCUT2D eigenvalue weighted by Crippen LogP contribution is 2.53. The Bertz CT molecular complexity index is 1240. The minimum atomic E-state index is -1.73. The highest BCUT2D eigenvalue weighted by Gasteiger charge is 2.67. The molecule has 0 bridgehead atoms. The lowest BCUT2D eigenvalue weighted by Crippen LogP contribution is -2.63. The van der Waals surface area contributed by atoms with E-state index in [1.165, 1.54) is 13.2 Å². The molecule has 1 aromatic carbocycles. The molecule has 3 heterocycles. The third kappa shape index (κ3) is 5.98. The van der Waals surface area contributed by atoms with Gasteiger partial charge < -0.3 is 63.8 Å². The summed E-state index contributed by atoms with van der Waals surface area (Å²) >= 11 is 0. The lowest BCUT2D eigenvalue weighted by atomic mass is 9.78. The molecule has 0 aromatic heterocycles. The molecule has 2 saturated heterocycles. The van der Waals surface area contributed by atoms with Crippen LogP contribution in [0.2, 0.25) is 0 Å². The van der Waals surface area contributed by atoms with Gasteiger partial charge >= 0.3 is 11.9 Å². The van der Waals surface area contributed by atoms with Crippen LogP contribution in [0, 0.1) is 17.8 Å². The Labute approximate surface area is 257 Å². The summed E-state index contributed by atoms with van der Waals surface area (Å²) in [5.74, 6) is -3.52. The molecule has 0 spiro atoms. The summed E-state index contributed by atoms with van der Waals surface area (Å²) < 4.78 is 41.1. The number of ether oxygens (including phenoxy) is 7. The fourth-order valence-electron chi connectivity index (χ4n) is 6.85. The highest BCUT2D eigenvalue weighted by atomic mass is 16.7. The van der Waals surface area contributed by atoms with Crippen LogP contribution in [0.4, 0.5) is 0 Å². The first-order valence-electron chi connectivity index (χ1n) is 14.9. The van der Waals surface area contributed by atoms with Crippen molar-refractivity contribution in [3.63, 3.8) is 0 Å². The summed E-state index contributed by atoms with van der Waals surface area (Å²) in [7, 11) is 0. The van der Waals surface area contributed by atoms with Crippen LogP contribution in [0.5, 0.6) is 0 Å². The van der Waals surface area contributed by atoms with Crippen LogP contribution < -0.4 is 0 Å². The number of epoxide rings is 1. The Morgan fingerprint density at radius 2 is 1.47 bits per heavy atom. The lowest BCUT2D eigenvalue weighted by molar-refractivity contribution is -0.314. The molecular formula is C30H38O15. The van der Waals surface area contributed by atoms with Gasteiger partial charge in [0.15, 0.2) is 18.5 Å². The molecule has 4 fully saturated rings.